The van der Waals surface area contributed by atoms with Gasteiger partial charge in [-0.1, -0.05) is 35.9 Å². The van der Waals surface area contributed by atoms with Gasteiger partial charge in [0, 0.05) is 3.42 Å². The molecule has 1 aliphatic rings. The van der Waals surface area contributed by atoms with Gasteiger partial charge in [0.2, 0.25) is 0 Å². The second-order valence-corrected chi connectivity index (χ2v) is 4.65. The lowest BCUT2D eigenvalue weighted by atomic mass is 9.83. The highest BCUT2D eigenvalue weighted by atomic mass is 127. The van der Waals surface area contributed by atoms with Gasteiger partial charge in [-0.15, -0.1) is 0 Å². The maximum Gasteiger partial charge on any atom is 0.0219 e. The molecule has 0 heterocycles. The Morgan fingerprint density at radius 3 is 2.14 bits per heavy atom. The van der Waals surface area contributed by atoms with Crippen LogP contribution in [0.25, 0.3) is 0 Å². The van der Waals surface area contributed by atoms with E-state index in [2.05, 4.69) is 29.5 Å². The lowest BCUT2D eigenvalue weighted by Gasteiger charge is -2.35. The quantitative estimate of drug-likeness (QED) is 0.461. The molecule has 0 spiro atoms. The van der Waals surface area contributed by atoms with Crippen molar-refractivity contribution in [3.63, 3.8) is 0 Å². The summed E-state index contributed by atoms with van der Waals surface area (Å²) in [7, 11) is 0. The first kappa shape index (κ1) is 5.86. The van der Waals surface area contributed by atoms with E-state index in [1.54, 1.807) is 0 Å². The second-order valence-electron chi connectivity index (χ2n) is 2.36. The van der Waals surface area contributed by atoms with Crippen LogP contribution in [0, 0.1) is 0 Å². The molecule has 0 amide bonds. The van der Waals surface area contributed by atoms with Gasteiger partial charge in [-0.2, -0.15) is 0 Å². The number of halogens is 1. The third-order valence-corrected chi connectivity index (χ3v) is 3.72. The summed E-state index contributed by atoms with van der Waals surface area (Å²) in [6.45, 7) is 2.28. The van der Waals surface area contributed by atoms with E-state index in [0.29, 0.717) is 0 Å². The average molecular weight is 210 g/mol. The summed E-state index contributed by atoms with van der Waals surface area (Å²) in [6.07, 6.45) is 5.76. The van der Waals surface area contributed by atoms with Crippen LogP contribution in [0.3, 0.4) is 0 Å². The van der Waals surface area contributed by atoms with Gasteiger partial charge in [0.05, 0.1) is 0 Å². The van der Waals surface area contributed by atoms with Crippen LogP contribution in [0.1, 0.15) is 32.6 Å². The first-order chi connectivity index (χ1) is 3.27. The van der Waals surface area contributed by atoms with Gasteiger partial charge in [-0.3, -0.25) is 0 Å². The molecule has 0 N–H and O–H groups in total. The fourth-order valence-electron chi connectivity index (χ4n) is 0.914. The maximum atomic E-state index is 2.59. The van der Waals surface area contributed by atoms with E-state index in [1.807, 2.05) is 0 Å². The van der Waals surface area contributed by atoms with E-state index in [4.69, 9.17) is 0 Å². The Morgan fingerprint density at radius 1 is 1.57 bits per heavy atom. The minimum atomic E-state index is 0.734. The zero-order valence-electron chi connectivity index (χ0n) is 4.71. The van der Waals surface area contributed by atoms with E-state index < -0.39 is 0 Å². The molecule has 0 aliphatic heterocycles. The normalized spacial score (nSPS) is 26.6. The number of hydrogen-bond donors (Lipinski definition) is 0. The Kier molecular flexibility index (Phi) is 1.61. The van der Waals surface area contributed by atoms with E-state index in [0.717, 1.165) is 3.42 Å². The summed E-state index contributed by atoms with van der Waals surface area (Å²) >= 11 is 2.59. The fraction of sp³-hybridized carbons (Fsp3) is 1.00. The molecule has 1 heteroatoms. The van der Waals surface area contributed by atoms with Crippen molar-refractivity contribution in [2.45, 2.75) is 36.0 Å². The molecular formula is C6H11I. The van der Waals surface area contributed by atoms with Crippen LogP contribution in [0.5, 0.6) is 0 Å². The van der Waals surface area contributed by atoms with Gasteiger partial charge in [-0.05, 0) is 19.3 Å². The summed E-state index contributed by atoms with van der Waals surface area (Å²) < 4.78 is 0.734. The molecule has 0 aromatic heterocycles. The van der Waals surface area contributed by atoms with Crippen LogP contribution in [-0.2, 0) is 0 Å². The van der Waals surface area contributed by atoms with Crippen molar-refractivity contribution in [2.75, 3.05) is 0 Å². The third-order valence-electron chi connectivity index (χ3n) is 1.88. The van der Waals surface area contributed by atoms with Crippen molar-refractivity contribution in [2.24, 2.45) is 0 Å². The summed E-state index contributed by atoms with van der Waals surface area (Å²) in [6, 6.07) is 0. The molecule has 0 nitrogen and oxygen atoms in total. The Balaban J connectivity index is 2.29. The van der Waals surface area contributed by atoms with Crippen LogP contribution in [0.2, 0.25) is 0 Å². The van der Waals surface area contributed by atoms with E-state index in [1.165, 1.54) is 25.7 Å². The van der Waals surface area contributed by atoms with Crippen molar-refractivity contribution in [1.82, 2.24) is 0 Å². The highest BCUT2D eigenvalue weighted by Crippen LogP contribution is 2.42. The topological polar surface area (TPSA) is 0 Å². The zero-order valence-corrected chi connectivity index (χ0v) is 6.86. The van der Waals surface area contributed by atoms with Crippen molar-refractivity contribution < 1.29 is 0 Å². The van der Waals surface area contributed by atoms with Crippen LogP contribution < -0.4 is 0 Å². The molecule has 1 fully saturated rings. The summed E-state index contributed by atoms with van der Waals surface area (Å²) in [5, 5.41) is 0. The van der Waals surface area contributed by atoms with Crippen molar-refractivity contribution >= 4 is 22.6 Å². The number of alkyl halides is 1. The Hall–Kier alpha value is 0.730. The van der Waals surface area contributed by atoms with Crippen LogP contribution in [0.15, 0.2) is 0 Å². The van der Waals surface area contributed by atoms with Gasteiger partial charge in [0.25, 0.3) is 0 Å². The van der Waals surface area contributed by atoms with Crippen LogP contribution in [-0.4, -0.2) is 3.42 Å². The molecule has 0 aromatic rings. The third kappa shape index (κ3) is 1.09. The van der Waals surface area contributed by atoms with E-state index in [9.17, 15) is 0 Å². The molecule has 0 aromatic carbocycles. The first-order valence-electron chi connectivity index (χ1n) is 2.96. The largest absolute Gasteiger partial charge is 0.0789 e. The molecular weight excluding hydrogens is 199 g/mol. The lowest BCUT2D eigenvalue weighted by molar-refractivity contribution is 0.375. The minimum Gasteiger partial charge on any atom is -0.0789 e. The smallest absolute Gasteiger partial charge is 0.0219 e. The summed E-state index contributed by atoms with van der Waals surface area (Å²) in [4.78, 5) is 0. The molecule has 0 bridgehead atoms. The highest BCUT2D eigenvalue weighted by Gasteiger charge is 2.31. The monoisotopic (exact) mass is 210 g/mol. The zero-order chi connectivity index (χ0) is 5.33. The van der Waals surface area contributed by atoms with E-state index >= 15 is 0 Å². The molecule has 0 saturated heterocycles. The second kappa shape index (κ2) is 1.92. The molecule has 0 atom stereocenters. The van der Waals surface area contributed by atoms with Gasteiger partial charge in [0.1, 0.15) is 0 Å². The molecule has 0 unspecified atom stereocenters. The molecule has 1 aliphatic carbocycles. The Morgan fingerprint density at radius 2 is 2.14 bits per heavy atom. The predicted molar refractivity (Wildman–Crippen MR) is 40.9 cm³/mol. The molecule has 42 valence electrons. The Bertz CT molecular complexity index is 59.1. The standard InChI is InChI=1S/C6H11I/c1-2-6(7)4-3-5-6/h2-5H2,1H3. The number of hydrogen-bond acceptors (Lipinski definition) is 0. The van der Waals surface area contributed by atoms with Gasteiger partial charge in [-0.25, -0.2) is 0 Å². The van der Waals surface area contributed by atoms with Crippen LogP contribution >= 0.6 is 22.6 Å². The van der Waals surface area contributed by atoms with Gasteiger partial charge < -0.3 is 0 Å². The van der Waals surface area contributed by atoms with Crippen molar-refractivity contribution in [3.8, 4) is 0 Å². The minimum absolute atomic E-state index is 0.734. The first-order valence-corrected chi connectivity index (χ1v) is 4.04. The SMILES string of the molecule is CCC1(I)CCC1. The maximum absolute atomic E-state index is 2.59. The molecule has 1 saturated carbocycles. The summed E-state index contributed by atoms with van der Waals surface area (Å²) in [5.41, 5.74) is 0. The van der Waals surface area contributed by atoms with Crippen molar-refractivity contribution in [3.05, 3.63) is 0 Å². The molecule has 0 radical (unpaired) electrons. The highest BCUT2D eigenvalue weighted by molar-refractivity contribution is 14.1. The van der Waals surface area contributed by atoms with Gasteiger partial charge in [0.15, 0.2) is 0 Å². The number of rotatable bonds is 1. The molecule has 1 rings (SSSR count). The van der Waals surface area contributed by atoms with E-state index in [-0.39, 0.29) is 0 Å². The predicted octanol–water partition coefficient (Wildman–Crippen LogP) is 2.75. The van der Waals surface area contributed by atoms with Crippen LogP contribution in [0.4, 0.5) is 0 Å². The summed E-state index contributed by atoms with van der Waals surface area (Å²) in [5.74, 6) is 0. The average Bonchev–Trinajstić information content (AvgIpc) is 1.61. The van der Waals surface area contributed by atoms with Gasteiger partial charge >= 0.3 is 0 Å². The Labute approximate surface area is 58.8 Å². The van der Waals surface area contributed by atoms with Crippen molar-refractivity contribution in [1.29, 1.82) is 0 Å². The molecule has 7 heavy (non-hydrogen) atoms. The fourth-order valence-corrected chi connectivity index (χ4v) is 1.68. The lowest BCUT2D eigenvalue weighted by Crippen LogP contribution is -2.27.